The Kier molecular flexibility index (Phi) is 3.99. The van der Waals surface area contributed by atoms with Crippen LogP contribution in [0.5, 0.6) is 0 Å². The van der Waals surface area contributed by atoms with Crippen LogP contribution in [0.4, 0.5) is 0 Å². The first-order valence-corrected chi connectivity index (χ1v) is 7.98. The molecular weight excluding hydrogens is 270 g/mol. The average Bonchev–Trinajstić information content (AvgIpc) is 2.87. The Morgan fingerprint density at radius 2 is 2.15 bits per heavy atom. The maximum Gasteiger partial charge on any atom is 0.113 e. The summed E-state index contributed by atoms with van der Waals surface area (Å²) in [5.74, 6) is 2.23. The number of aromatic nitrogens is 2. The van der Waals surface area contributed by atoms with E-state index in [4.69, 9.17) is 22.3 Å². The molecule has 1 heterocycles. The van der Waals surface area contributed by atoms with Crippen LogP contribution in [0.2, 0.25) is 5.02 Å². The van der Waals surface area contributed by atoms with Crippen molar-refractivity contribution in [2.75, 3.05) is 6.54 Å². The smallest absolute Gasteiger partial charge is 0.113 e. The largest absolute Gasteiger partial charge is 0.330 e. The maximum absolute atomic E-state index is 6.38. The van der Waals surface area contributed by atoms with Crippen molar-refractivity contribution < 1.29 is 0 Å². The van der Waals surface area contributed by atoms with Gasteiger partial charge in [-0.2, -0.15) is 0 Å². The molecule has 4 heteroatoms. The lowest BCUT2D eigenvalue weighted by atomic mass is 9.78. The van der Waals surface area contributed by atoms with Gasteiger partial charge >= 0.3 is 0 Å². The standard InChI is InChI=1S/C16H22ClN3/c1-2-20-15-13(17)8-5-9-14(15)19-16(20)12-7-4-3-6-11(12)10-18/h5,8-9,11-12H,2-4,6-7,10,18H2,1H3. The Bertz CT molecular complexity index is 605. The molecule has 2 atom stereocenters. The summed E-state index contributed by atoms with van der Waals surface area (Å²) in [5, 5.41) is 0.795. The molecule has 1 saturated carbocycles. The summed E-state index contributed by atoms with van der Waals surface area (Å²) in [6.07, 6.45) is 5.00. The molecule has 2 aromatic rings. The molecule has 1 aliphatic carbocycles. The first kappa shape index (κ1) is 13.9. The monoisotopic (exact) mass is 291 g/mol. The van der Waals surface area contributed by atoms with Crippen molar-refractivity contribution in [3.63, 3.8) is 0 Å². The second kappa shape index (κ2) is 5.74. The summed E-state index contributed by atoms with van der Waals surface area (Å²) in [6.45, 7) is 3.82. The van der Waals surface area contributed by atoms with E-state index >= 15 is 0 Å². The molecule has 2 unspecified atom stereocenters. The summed E-state index contributed by atoms with van der Waals surface area (Å²) >= 11 is 6.38. The van der Waals surface area contributed by atoms with E-state index in [1.165, 1.54) is 31.5 Å². The predicted octanol–water partition coefficient (Wildman–Crippen LogP) is 3.94. The number of nitrogens with zero attached hydrogens (tertiary/aromatic N) is 2. The molecule has 1 fully saturated rings. The maximum atomic E-state index is 6.38. The van der Waals surface area contributed by atoms with Crippen LogP contribution in [0.3, 0.4) is 0 Å². The highest BCUT2D eigenvalue weighted by atomic mass is 35.5. The first-order valence-electron chi connectivity index (χ1n) is 7.61. The van der Waals surface area contributed by atoms with Crippen molar-refractivity contribution in [3.8, 4) is 0 Å². The van der Waals surface area contributed by atoms with Crippen molar-refractivity contribution in [1.82, 2.24) is 9.55 Å². The highest BCUT2D eigenvalue weighted by Crippen LogP contribution is 2.38. The van der Waals surface area contributed by atoms with Crippen molar-refractivity contribution in [3.05, 3.63) is 29.0 Å². The first-order chi connectivity index (χ1) is 9.76. The second-order valence-corrected chi connectivity index (χ2v) is 6.12. The molecule has 1 aliphatic rings. The fraction of sp³-hybridized carbons (Fsp3) is 0.562. The number of halogens is 1. The highest BCUT2D eigenvalue weighted by molar-refractivity contribution is 6.35. The summed E-state index contributed by atoms with van der Waals surface area (Å²) < 4.78 is 2.29. The van der Waals surface area contributed by atoms with Gasteiger partial charge in [0.05, 0.1) is 16.1 Å². The Labute approximate surface area is 125 Å². The van der Waals surface area contributed by atoms with Gasteiger partial charge in [-0.3, -0.25) is 0 Å². The van der Waals surface area contributed by atoms with E-state index < -0.39 is 0 Å². The zero-order valence-electron chi connectivity index (χ0n) is 12.0. The van der Waals surface area contributed by atoms with E-state index in [0.717, 1.165) is 29.1 Å². The van der Waals surface area contributed by atoms with Crippen LogP contribution in [0.15, 0.2) is 18.2 Å². The zero-order valence-corrected chi connectivity index (χ0v) is 12.7. The van der Waals surface area contributed by atoms with Gasteiger partial charge in [-0.15, -0.1) is 0 Å². The molecule has 3 nitrogen and oxygen atoms in total. The van der Waals surface area contributed by atoms with E-state index in [2.05, 4.69) is 17.6 Å². The molecule has 1 aromatic carbocycles. The number of benzene rings is 1. The third kappa shape index (κ3) is 2.23. The van der Waals surface area contributed by atoms with Crippen LogP contribution in [0.25, 0.3) is 11.0 Å². The lowest BCUT2D eigenvalue weighted by Crippen LogP contribution is -2.27. The minimum atomic E-state index is 0.483. The molecule has 1 aromatic heterocycles. The lowest BCUT2D eigenvalue weighted by Gasteiger charge is -2.30. The van der Waals surface area contributed by atoms with Gasteiger partial charge in [-0.1, -0.05) is 30.5 Å². The van der Waals surface area contributed by atoms with Gasteiger partial charge < -0.3 is 10.3 Å². The van der Waals surface area contributed by atoms with Crippen LogP contribution >= 0.6 is 11.6 Å². The molecule has 2 N–H and O–H groups in total. The molecule has 0 spiro atoms. The van der Waals surface area contributed by atoms with Crippen LogP contribution in [-0.4, -0.2) is 16.1 Å². The van der Waals surface area contributed by atoms with Gasteiger partial charge in [0.25, 0.3) is 0 Å². The summed E-state index contributed by atoms with van der Waals surface area (Å²) in [4.78, 5) is 4.89. The van der Waals surface area contributed by atoms with Crippen molar-refractivity contribution in [1.29, 1.82) is 0 Å². The molecule has 3 rings (SSSR count). The van der Waals surface area contributed by atoms with Gasteiger partial charge in [0, 0.05) is 12.5 Å². The Morgan fingerprint density at radius 1 is 1.35 bits per heavy atom. The molecule has 0 aliphatic heterocycles. The van der Waals surface area contributed by atoms with Crippen molar-refractivity contribution >= 4 is 22.6 Å². The SMILES string of the molecule is CCn1c(C2CCCCC2CN)nc2cccc(Cl)c21. The Balaban J connectivity index is 2.13. The van der Waals surface area contributed by atoms with Gasteiger partial charge in [-0.25, -0.2) is 4.98 Å². The Morgan fingerprint density at radius 3 is 2.90 bits per heavy atom. The number of hydrogen-bond acceptors (Lipinski definition) is 2. The normalized spacial score (nSPS) is 23.4. The number of nitrogens with two attached hydrogens (primary N) is 1. The number of rotatable bonds is 3. The molecule has 0 saturated heterocycles. The fourth-order valence-corrected chi connectivity index (χ4v) is 3.86. The van der Waals surface area contributed by atoms with Crippen LogP contribution in [-0.2, 0) is 6.54 Å². The van der Waals surface area contributed by atoms with Crippen LogP contribution in [0, 0.1) is 5.92 Å². The van der Waals surface area contributed by atoms with Crippen molar-refractivity contribution in [2.24, 2.45) is 11.7 Å². The number of imidazole rings is 1. The number of para-hydroxylation sites is 1. The molecular formula is C16H22ClN3. The van der Waals surface area contributed by atoms with Crippen LogP contribution < -0.4 is 5.73 Å². The number of fused-ring (bicyclic) bond motifs is 1. The summed E-state index contributed by atoms with van der Waals surface area (Å²) in [6, 6.07) is 5.97. The van der Waals surface area contributed by atoms with Gasteiger partial charge in [-0.05, 0) is 44.4 Å². The quantitative estimate of drug-likeness (QED) is 0.931. The highest BCUT2D eigenvalue weighted by Gasteiger charge is 2.29. The molecule has 0 bridgehead atoms. The molecule has 108 valence electrons. The fourth-order valence-electron chi connectivity index (χ4n) is 3.59. The van der Waals surface area contributed by atoms with E-state index in [9.17, 15) is 0 Å². The number of aryl methyl sites for hydroxylation is 1. The van der Waals surface area contributed by atoms with Gasteiger partial charge in [0.15, 0.2) is 0 Å². The van der Waals surface area contributed by atoms with E-state index in [1.54, 1.807) is 0 Å². The molecule has 0 radical (unpaired) electrons. The Hall–Kier alpha value is -1.06. The summed E-state index contributed by atoms with van der Waals surface area (Å²) in [7, 11) is 0. The summed E-state index contributed by atoms with van der Waals surface area (Å²) in [5.41, 5.74) is 8.07. The zero-order chi connectivity index (χ0) is 14.1. The van der Waals surface area contributed by atoms with Gasteiger partial charge in [0.2, 0.25) is 0 Å². The predicted molar refractivity (Wildman–Crippen MR) is 84.2 cm³/mol. The van der Waals surface area contributed by atoms with E-state index in [-0.39, 0.29) is 0 Å². The van der Waals surface area contributed by atoms with E-state index in [0.29, 0.717) is 11.8 Å². The minimum absolute atomic E-state index is 0.483. The topological polar surface area (TPSA) is 43.8 Å². The van der Waals surface area contributed by atoms with Gasteiger partial charge in [0.1, 0.15) is 5.82 Å². The number of hydrogen-bond donors (Lipinski definition) is 1. The van der Waals surface area contributed by atoms with E-state index in [1.807, 2.05) is 12.1 Å². The average molecular weight is 292 g/mol. The molecule has 0 amide bonds. The second-order valence-electron chi connectivity index (χ2n) is 5.71. The minimum Gasteiger partial charge on any atom is -0.330 e. The lowest BCUT2D eigenvalue weighted by molar-refractivity contribution is 0.299. The van der Waals surface area contributed by atoms with Crippen LogP contribution in [0.1, 0.15) is 44.3 Å². The third-order valence-electron chi connectivity index (χ3n) is 4.61. The third-order valence-corrected chi connectivity index (χ3v) is 4.91. The molecule has 20 heavy (non-hydrogen) atoms. The van der Waals surface area contributed by atoms with Crippen molar-refractivity contribution in [2.45, 2.75) is 45.1 Å².